The molecule has 5 heteroatoms. The van der Waals surface area contributed by atoms with E-state index in [1.54, 1.807) is 0 Å². The van der Waals surface area contributed by atoms with Gasteiger partial charge >= 0.3 is 5.97 Å². The van der Waals surface area contributed by atoms with Gasteiger partial charge in [-0.15, -0.1) is 0 Å². The number of hydrogen-bond donors (Lipinski definition) is 3. The van der Waals surface area contributed by atoms with Gasteiger partial charge in [-0.1, -0.05) is 20.8 Å². The third-order valence-electron chi connectivity index (χ3n) is 10.2. The zero-order valence-electron chi connectivity index (χ0n) is 18.2. The van der Waals surface area contributed by atoms with Crippen molar-refractivity contribution in [2.45, 2.75) is 96.9 Å². The number of aliphatic hydroxyl groups excluding tert-OH is 2. The largest absolute Gasteiger partial charge is 0.481 e. The zero-order valence-corrected chi connectivity index (χ0v) is 18.2. The van der Waals surface area contributed by atoms with E-state index in [4.69, 9.17) is 5.11 Å². The van der Waals surface area contributed by atoms with E-state index >= 15 is 4.39 Å². The molecule has 0 aromatic rings. The maximum absolute atomic E-state index is 15.5. The lowest BCUT2D eigenvalue weighted by Gasteiger charge is -2.63. The van der Waals surface area contributed by atoms with Crippen molar-refractivity contribution in [3.63, 3.8) is 0 Å². The number of carbonyl (C=O) groups is 1. The van der Waals surface area contributed by atoms with E-state index in [1.807, 2.05) is 0 Å². The zero-order chi connectivity index (χ0) is 21.1. The molecular formula is C24H39FO4. The van der Waals surface area contributed by atoms with Gasteiger partial charge in [0.25, 0.3) is 0 Å². The van der Waals surface area contributed by atoms with Crippen LogP contribution in [0.1, 0.15) is 78.6 Å². The van der Waals surface area contributed by atoms with E-state index in [1.165, 1.54) is 0 Å². The Bertz CT molecular complexity index is 640. The fourth-order valence-electron chi connectivity index (χ4n) is 8.72. The van der Waals surface area contributed by atoms with E-state index < -0.39 is 24.3 Å². The Balaban J connectivity index is 1.59. The Morgan fingerprint density at radius 2 is 1.69 bits per heavy atom. The summed E-state index contributed by atoms with van der Waals surface area (Å²) in [5, 5.41) is 30.4. The normalized spacial score (nSPS) is 52.9. The van der Waals surface area contributed by atoms with Crippen molar-refractivity contribution in [3.8, 4) is 0 Å². The summed E-state index contributed by atoms with van der Waals surface area (Å²) >= 11 is 0. The Kier molecular flexibility index (Phi) is 5.55. The van der Waals surface area contributed by atoms with Gasteiger partial charge in [-0.05, 0) is 91.8 Å². The predicted octanol–water partition coefficient (Wildman–Crippen LogP) is 4.43. The summed E-state index contributed by atoms with van der Waals surface area (Å²) < 4.78 is 15.5. The van der Waals surface area contributed by atoms with Crippen molar-refractivity contribution in [2.75, 3.05) is 0 Å². The van der Waals surface area contributed by atoms with Crippen LogP contribution in [0.2, 0.25) is 0 Å². The SMILES string of the molecule is C[C@H](CCC(=O)O)C1CCC2C3C(CC[C@@]21C)[C@@]1(C)CC[C@@H](O)CC1[C@H](F)[C@H]3O. The second-order valence-electron chi connectivity index (χ2n) is 11.4. The van der Waals surface area contributed by atoms with Gasteiger partial charge in [0.15, 0.2) is 0 Å². The highest BCUT2D eigenvalue weighted by Crippen LogP contribution is 2.68. The minimum Gasteiger partial charge on any atom is -0.481 e. The van der Waals surface area contributed by atoms with Crippen molar-refractivity contribution < 1.29 is 24.5 Å². The number of fused-ring (bicyclic) bond motifs is 5. The Morgan fingerprint density at radius 3 is 2.38 bits per heavy atom. The van der Waals surface area contributed by atoms with Crippen molar-refractivity contribution in [3.05, 3.63) is 0 Å². The molecule has 4 aliphatic carbocycles. The number of hydrogen-bond acceptors (Lipinski definition) is 3. The van der Waals surface area contributed by atoms with E-state index in [2.05, 4.69) is 20.8 Å². The molecule has 4 nitrogen and oxygen atoms in total. The van der Waals surface area contributed by atoms with Gasteiger partial charge in [-0.25, -0.2) is 4.39 Å². The number of rotatable bonds is 4. The minimum absolute atomic E-state index is 0.00285. The van der Waals surface area contributed by atoms with E-state index in [-0.39, 0.29) is 29.1 Å². The maximum atomic E-state index is 15.5. The second kappa shape index (κ2) is 7.47. The molecule has 29 heavy (non-hydrogen) atoms. The second-order valence-corrected chi connectivity index (χ2v) is 11.4. The molecule has 11 atom stereocenters. The first-order valence-corrected chi connectivity index (χ1v) is 11.8. The lowest BCUT2D eigenvalue weighted by molar-refractivity contribution is -0.206. The van der Waals surface area contributed by atoms with E-state index in [0.717, 1.165) is 38.5 Å². The quantitative estimate of drug-likeness (QED) is 0.641. The van der Waals surface area contributed by atoms with Crippen LogP contribution < -0.4 is 0 Å². The molecule has 0 aromatic carbocycles. The fraction of sp³-hybridized carbons (Fsp3) is 0.958. The van der Waals surface area contributed by atoms with Gasteiger partial charge in [0, 0.05) is 12.3 Å². The van der Waals surface area contributed by atoms with Crippen molar-refractivity contribution >= 4 is 5.97 Å². The fourth-order valence-corrected chi connectivity index (χ4v) is 8.72. The number of halogens is 1. The average molecular weight is 411 g/mol. The molecule has 0 radical (unpaired) electrons. The van der Waals surface area contributed by atoms with Crippen LogP contribution in [0.5, 0.6) is 0 Å². The smallest absolute Gasteiger partial charge is 0.303 e. The summed E-state index contributed by atoms with van der Waals surface area (Å²) in [5.74, 6) is 0.464. The number of aliphatic hydroxyl groups is 2. The van der Waals surface area contributed by atoms with Crippen LogP contribution >= 0.6 is 0 Å². The summed E-state index contributed by atoms with van der Waals surface area (Å²) in [7, 11) is 0. The van der Waals surface area contributed by atoms with Gasteiger partial charge in [0.1, 0.15) is 6.17 Å². The topological polar surface area (TPSA) is 77.8 Å². The molecule has 5 unspecified atom stereocenters. The monoisotopic (exact) mass is 410 g/mol. The molecule has 166 valence electrons. The third kappa shape index (κ3) is 3.26. The summed E-state index contributed by atoms with van der Waals surface area (Å²) in [5.41, 5.74) is -0.0615. The van der Waals surface area contributed by atoms with Crippen LogP contribution in [0, 0.1) is 46.3 Å². The van der Waals surface area contributed by atoms with Crippen molar-refractivity contribution in [2.24, 2.45) is 46.3 Å². The van der Waals surface area contributed by atoms with Gasteiger partial charge in [0.2, 0.25) is 0 Å². The van der Waals surface area contributed by atoms with Gasteiger partial charge in [-0.2, -0.15) is 0 Å². The van der Waals surface area contributed by atoms with Gasteiger partial charge < -0.3 is 15.3 Å². The van der Waals surface area contributed by atoms with Crippen molar-refractivity contribution in [1.82, 2.24) is 0 Å². The molecule has 0 aromatic heterocycles. The number of carboxylic acid groups (broad SMARTS) is 1. The highest BCUT2D eigenvalue weighted by Gasteiger charge is 2.65. The molecule has 0 bridgehead atoms. The first-order valence-electron chi connectivity index (χ1n) is 11.8. The molecule has 4 rings (SSSR count). The summed E-state index contributed by atoms with van der Waals surface area (Å²) in [6.07, 6.45) is 4.57. The van der Waals surface area contributed by atoms with E-state index in [0.29, 0.717) is 36.5 Å². The first kappa shape index (κ1) is 21.5. The van der Waals surface area contributed by atoms with Crippen LogP contribution in [-0.2, 0) is 4.79 Å². The highest BCUT2D eigenvalue weighted by molar-refractivity contribution is 5.66. The Labute approximate surface area is 174 Å². The summed E-state index contributed by atoms with van der Waals surface area (Å²) in [4.78, 5) is 11.0. The highest BCUT2D eigenvalue weighted by atomic mass is 19.1. The van der Waals surface area contributed by atoms with Crippen LogP contribution in [0.25, 0.3) is 0 Å². The maximum Gasteiger partial charge on any atom is 0.303 e. The van der Waals surface area contributed by atoms with Crippen LogP contribution in [-0.4, -0.2) is 39.7 Å². The molecular weight excluding hydrogens is 371 g/mol. The number of aliphatic carboxylic acids is 1. The standard InChI is InChI=1S/C24H39FO4/c1-13(4-7-19(27)28)15-5-6-16-20-17(9-11-23(15,16)2)24(3)10-8-14(26)12-18(24)21(25)22(20)29/h13-18,20-22,26,29H,4-12H2,1-3H3,(H,27,28)/t13-,14-,15?,16?,17?,18?,20?,21+,22+,23-,24-/m1/s1. The molecule has 0 saturated heterocycles. The molecule has 4 saturated carbocycles. The van der Waals surface area contributed by atoms with Gasteiger partial charge in [-0.3, -0.25) is 4.79 Å². The van der Waals surface area contributed by atoms with Crippen LogP contribution in [0.3, 0.4) is 0 Å². The lowest BCUT2D eigenvalue weighted by Crippen LogP contribution is -2.63. The number of alkyl halides is 1. The molecule has 0 amide bonds. The predicted molar refractivity (Wildman–Crippen MR) is 109 cm³/mol. The molecule has 0 spiro atoms. The van der Waals surface area contributed by atoms with Crippen molar-refractivity contribution in [1.29, 1.82) is 0 Å². The Morgan fingerprint density at radius 1 is 1.03 bits per heavy atom. The summed E-state index contributed by atoms with van der Waals surface area (Å²) in [6, 6.07) is 0. The number of carboxylic acids is 1. The minimum atomic E-state index is -1.25. The van der Waals surface area contributed by atoms with Crippen LogP contribution in [0.4, 0.5) is 4.39 Å². The van der Waals surface area contributed by atoms with E-state index in [9.17, 15) is 15.0 Å². The van der Waals surface area contributed by atoms with Gasteiger partial charge in [0.05, 0.1) is 12.2 Å². The Hall–Kier alpha value is -0.680. The average Bonchev–Trinajstić information content (AvgIpc) is 3.02. The van der Waals surface area contributed by atoms with Crippen LogP contribution in [0.15, 0.2) is 0 Å². The summed E-state index contributed by atoms with van der Waals surface area (Å²) in [6.45, 7) is 6.74. The molecule has 0 heterocycles. The third-order valence-corrected chi connectivity index (χ3v) is 10.2. The lowest BCUT2D eigenvalue weighted by atomic mass is 9.43. The molecule has 4 aliphatic rings. The molecule has 3 N–H and O–H groups in total. The first-order chi connectivity index (χ1) is 13.6. The molecule has 0 aliphatic heterocycles. The molecule has 4 fully saturated rings.